The molecule has 44 heavy (non-hydrogen) atoms. The largest absolute Gasteiger partial charge is 0.363 e. The van der Waals surface area contributed by atoms with E-state index >= 15 is 0 Å². The molecule has 14 heteroatoms. The van der Waals surface area contributed by atoms with Crippen molar-refractivity contribution in [3.8, 4) is 0 Å². The highest BCUT2D eigenvalue weighted by Gasteiger charge is 2.53. The van der Waals surface area contributed by atoms with Gasteiger partial charge in [-0.25, -0.2) is 4.39 Å². The Morgan fingerprint density at radius 3 is 2.61 bits per heavy atom. The Labute approximate surface area is 256 Å². The molecule has 0 spiro atoms. The summed E-state index contributed by atoms with van der Waals surface area (Å²) in [7, 11) is -3.29. The average Bonchev–Trinajstić information content (AvgIpc) is 3.50. The molecule has 3 fully saturated rings. The predicted octanol–water partition coefficient (Wildman–Crippen LogP) is 3.40. The summed E-state index contributed by atoms with van der Waals surface area (Å²) >= 11 is 1.13. The van der Waals surface area contributed by atoms with Crippen LogP contribution in [0.3, 0.4) is 0 Å². The lowest BCUT2D eigenvalue weighted by Crippen LogP contribution is -2.61. The van der Waals surface area contributed by atoms with Gasteiger partial charge in [0.1, 0.15) is 12.1 Å². The molecule has 3 aliphatic rings. The number of carbonyl (C=O) groups is 3. The standard InChI is InChI=1S/C30H34FN4O7PS/c1-30-10-3-6-21(32-26(36)24-14-18-13-17(7-8-23(18)44-24)25(31)43(40,41)42)28(38)35(30)22(9-11-30)29(39)34-15-19(16-34)20-5-4-12-33(2)27(20)37/h4-5,7-8,12-14,19,21-22,25H,3,6,9-11,15-16H2,1-2H3,(H,32,36)(H2,40,41,42)/t21-,22-,25?,30-/m0/s1. The Kier molecular flexibility index (Phi) is 7.80. The molecule has 3 amide bonds. The minimum atomic E-state index is -4.98. The molecule has 6 rings (SSSR count). The van der Waals surface area contributed by atoms with Crippen molar-refractivity contribution in [1.82, 2.24) is 19.7 Å². The first-order chi connectivity index (χ1) is 20.8. The normalized spacial score (nSPS) is 25.0. The van der Waals surface area contributed by atoms with Gasteiger partial charge in [-0.1, -0.05) is 12.1 Å². The highest BCUT2D eigenvalue weighted by molar-refractivity contribution is 7.51. The first kappa shape index (κ1) is 30.6. The predicted molar refractivity (Wildman–Crippen MR) is 162 cm³/mol. The average molecular weight is 645 g/mol. The molecule has 3 saturated heterocycles. The van der Waals surface area contributed by atoms with Crippen LogP contribution in [0, 0.1) is 0 Å². The van der Waals surface area contributed by atoms with Crippen LogP contribution in [-0.2, 0) is 21.2 Å². The smallest absolute Gasteiger partial charge is 0.340 e. The number of aryl methyl sites for hydroxylation is 1. The summed E-state index contributed by atoms with van der Waals surface area (Å²) in [5, 5.41) is 3.31. The number of carbonyl (C=O) groups excluding carboxylic acids is 3. The molecule has 0 saturated carbocycles. The molecule has 1 aromatic carbocycles. The van der Waals surface area contributed by atoms with Crippen molar-refractivity contribution < 1.29 is 33.1 Å². The quantitative estimate of drug-likeness (QED) is 0.348. The number of amides is 3. The van der Waals surface area contributed by atoms with E-state index in [1.807, 2.05) is 13.0 Å². The van der Waals surface area contributed by atoms with Crippen LogP contribution in [0.25, 0.3) is 10.1 Å². The summed E-state index contributed by atoms with van der Waals surface area (Å²) in [5.74, 6) is -3.44. The van der Waals surface area contributed by atoms with Crippen LogP contribution in [0.1, 0.15) is 71.7 Å². The van der Waals surface area contributed by atoms with Crippen molar-refractivity contribution in [2.75, 3.05) is 13.1 Å². The SMILES string of the molecule is Cn1cccc(C2CN(C(=O)[C@@H]3CC[C@]4(C)CCC[C@H](NC(=O)c5cc6cc(C(F)P(=O)(O)O)ccc6s5)C(=O)N34)C2)c1=O. The number of aromatic nitrogens is 1. The third-order valence-electron chi connectivity index (χ3n) is 9.30. The number of fused-ring (bicyclic) bond motifs is 2. The van der Waals surface area contributed by atoms with Gasteiger partial charge in [-0.05, 0) is 74.2 Å². The molecule has 2 aromatic heterocycles. The fourth-order valence-electron chi connectivity index (χ4n) is 6.83. The van der Waals surface area contributed by atoms with Crippen molar-refractivity contribution in [3.63, 3.8) is 0 Å². The molecule has 3 aliphatic heterocycles. The van der Waals surface area contributed by atoms with Crippen LogP contribution < -0.4 is 10.9 Å². The number of nitrogens with zero attached hydrogens (tertiary/aromatic N) is 3. The molecular weight excluding hydrogens is 610 g/mol. The molecule has 3 aromatic rings. The van der Waals surface area contributed by atoms with E-state index in [9.17, 15) is 37.9 Å². The lowest BCUT2D eigenvalue weighted by molar-refractivity contribution is -0.151. The van der Waals surface area contributed by atoms with Crippen molar-refractivity contribution in [1.29, 1.82) is 0 Å². The number of thiophene rings is 1. The van der Waals surface area contributed by atoms with Crippen LogP contribution in [0.5, 0.6) is 0 Å². The van der Waals surface area contributed by atoms with E-state index < -0.39 is 37.0 Å². The summed E-state index contributed by atoms with van der Waals surface area (Å²) in [6.45, 7) is 2.82. The van der Waals surface area contributed by atoms with E-state index in [2.05, 4.69) is 5.32 Å². The third-order valence-corrected chi connectivity index (χ3v) is 11.3. The zero-order chi connectivity index (χ0) is 31.6. The number of hydrogen-bond acceptors (Lipinski definition) is 6. The molecule has 1 unspecified atom stereocenters. The molecule has 5 heterocycles. The topological polar surface area (TPSA) is 149 Å². The van der Waals surface area contributed by atoms with Crippen LogP contribution >= 0.6 is 18.9 Å². The zero-order valence-corrected chi connectivity index (χ0v) is 26.0. The van der Waals surface area contributed by atoms with Crippen molar-refractivity contribution in [2.24, 2.45) is 7.05 Å². The van der Waals surface area contributed by atoms with Gasteiger partial charge in [0, 0.05) is 48.1 Å². The van der Waals surface area contributed by atoms with E-state index in [0.717, 1.165) is 11.3 Å². The maximum Gasteiger partial charge on any atom is 0.363 e. The van der Waals surface area contributed by atoms with Gasteiger partial charge in [0.15, 0.2) is 0 Å². The molecular formula is C30H34FN4O7PS. The zero-order valence-electron chi connectivity index (χ0n) is 24.3. The van der Waals surface area contributed by atoms with Crippen LogP contribution in [0.4, 0.5) is 4.39 Å². The fraction of sp³-hybridized carbons (Fsp3) is 0.467. The van der Waals surface area contributed by atoms with Gasteiger partial charge in [-0.3, -0.25) is 23.7 Å². The van der Waals surface area contributed by atoms with Gasteiger partial charge in [0.25, 0.3) is 11.5 Å². The number of pyridine rings is 1. The molecule has 0 bridgehead atoms. The molecule has 0 aliphatic carbocycles. The minimum Gasteiger partial charge on any atom is -0.340 e. The van der Waals surface area contributed by atoms with Gasteiger partial charge in [0.2, 0.25) is 17.7 Å². The maximum absolute atomic E-state index is 14.2. The lowest BCUT2D eigenvalue weighted by atomic mass is 9.91. The number of rotatable bonds is 6. The monoisotopic (exact) mass is 644 g/mol. The second-order valence-corrected chi connectivity index (χ2v) is 15.0. The summed E-state index contributed by atoms with van der Waals surface area (Å²) in [5.41, 5.74) is -0.0936. The first-order valence-corrected chi connectivity index (χ1v) is 17.1. The Morgan fingerprint density at radius 2 is 1.89 bits per heavy atom. The Bertz CT molecular complexity index is 1770. The lowest BCUT2D eigenvalue weighted by Gasteiger charge is -2.44. The number of nitrogens with one attached hydrogen (secondary N) is 1. The van der Waals surface area contributed by atoms with Crippen LogP contribution in [0.2, 0.25) is 0 Å². The Balaban J connectivity index is 1.16. The maximum atomic E-state index is 14.2. The number of halogens is 1. The van der Waals surface area contributed by atoms with Gasteiger partial charge in [-0.2, -0.15) is 0 Å². The van der Waals surface area contributed by atoms with E-state index in [4.69, 9.17) is 0 Å². The second kappa shape index (κ2) is 11.2. The highest BCUT2D eigenvalue weighted by atomic mass is 32.1. The summed E-state index contributed by atoms with van der Waals surface area (Å²) < 4.78 is 27.8. The highest BCUT2D eigenvalue weighted by Crippen LogP contribution is 2.53. The number of alkyl halides is 1. The van der Waals surface area contributed by atoms with Gasteiger partial charge < -0.3 is 29.5 Å². The number of likely N-dealkylation sites (tertiary alicyclic amines) is 1. The van der Waals surface area contributed by atoms with E-state index in [0.29, 0.717) is 60.8 Å². The van der Waals surface area contributed by atoms with Crippen molar-refractivity contribution in [2.45, 2.75) is 68.5 Å². The molecule has 0 radical (unpaired) electrons. The fourth-order valence-corrected chi connectivity index (χ4v) is 8.32. The number of hydrogen-bond donors (Lipinski definition) is 3. The number of benzene rings is 1. The van der Waals surface area contributed by atoms with Gasteiger partial charge >= 0.3 is 7.60 Å². The Hall–Kier alpha value is -3.38. The van der Waals surface area contributed by atoms with Gasteiger partial charge in [0.05, 0.1) is 4.88 Å². The van der Waals surface area contributed by atoms with E-state index in [1.54, 1.807) is 29.1 Å². The van der Waals surface area contributed by atoms with Crippen molar-refractivity contribution in [3.05, 3.63) is 69.0 Å². The molecule has 234 valence electrons. The van der Waals surface area contributed by atoms with Crippen LogP contribution in [-0.4, -0.2) is 72.6 Å². The van der Waals surface area contributed by atoms with Crippen LogP contribution in [0.15, 0.2) is 47.4 Å². The Morgan fingerprint density at radius 1 is 1.14 bits per heavy atom. The second-order valence-electron chi connectivity index (χ2n) is 12.3. The minimum absolute atomic E-state index is 0.0523. The summed E-state index contributed by atoms with van der Waals surface area (Å²) in [6, 6.07) is 7.75. The molecule has 11 nitrogen and oxygen atoms in total. The summed E-state index contributed by atoms with van der Waals surface area (Å²) in [6.07, 6.45) is 4.70. The van der Waals surface area contributed by atoms with Crippen molar-refractivity contribution >= 4 is 46.7 Å². The van der Waals surface area contributed by atoms with Gasteiger partial charge in [-0.15, -0.1) is 11.3 Å². The summed E-state index contributed by atoms with van der Waals surface area (Å²) in [4.78, 5) is 75.6. The third kappa shape index (κ3) is 5.40. The molecule has 4 atom stereocenters. The first-order valence-electron chi connectivity index (χ1n) is 14.6. The van der Waals surface area contributed by atoms with E-state index in [-0.39, 0.29) is 33.7 Å². The molecule has 3 N–H and O–H groups in total. The van der Waals surface area contributed by atoms with E-state index in [1.165, 1.54) is 28.8 Å².